The molecule has 0 radical (unpaired) electrons. The first-order valence-electron chi connectivity index (χ1n) is 13.0. The van der Waals surface area contributed by atoms with Gasteiger partial charge in [-0.1, -0.05) is 11.6 Å². The summed E-state index contributed by atoms with van der Waals surface area (Å²) >= 11 is 8.04. The van der Waals surface area contributed by atoms with Gasteiger partial charge >= 0.3 is 0 Å². The van der Waals surface area contributed by atoms with Crippen molar-refractivity contribution >= 4 is 35.2 Å². The number of hydrogen-bond donors (Lipinski definition) is 2. The number of halogens is 1. The van der Waals surface area contributed by atoms with Crippen LogP contribution in [0.15, 0.2) is 21.8 Å². The Morgan fingerprint density at radius 2 is 1.85 bits per heavy atom. The summed E-state index contributed by atoms with van der Waals surface area (Å²) in [6.45, 7) is 5.69. The Hall–Kier alpha value is -2.69. The predicted molar refractivity (Wildman–Crippen MR) is 151 cm³/mol. The van der Waals surface area contributed by atoms with Gasteiger partial charge < -0.3 is 29.4 Å². The highest BCUT2D eigenvalue weighted by molar-refractivity contribution is 7.98. The maximum absolute atomic E-state index is 13.2. The lowest BCUT2D eigenvalue weighted by molar-refractivity contribution is -0.142. The number of aromatic nitrogens is 1. The SMILES string of the molecule is CSc1cc(C)[nH]c(=O)c1CNC(=O)c1cc(Cl)c2c(c1C)OC(C)(C1CCC(OCC(=O)N(C)C)CC1)O2. The number of thioether (sulfide) groups is 1. The molecule has 212 valence electrons. The maximum Gasteiger partial charge on any atom is 0.254 e. The molecule has 0 bridgehead atoms. The number of nitrogens with one attached hydrogen (secondary N) is 2. The minimum Gasteiger partial charge on any atom is -0.448 e. The molecule has 1 aromatic heterocycles. The van der Waals surface area contributed by atoms with E-state index in [9.17, 15) is 14.4 Å². The van der Waals surface area contributed by atoms with Crippen molar-refractivity contribution in [2.75, 3.05) is 27.0 Å². The molecule has 2 amide bonds. The van der Waals surface area contributed by atoms with E-state index >= 15 is 0 Å². The van der Waals surface area contributed by atoms with Crippen LogP contribution in [-0.4, -0.2) is 60.5 Å². The molecule has 2 aromatic rings. The molecule has 1 atom stereocenters. The Balaban J connectivity index is 1.43. The summed E-state index contributed by atoms with van der Waals surface area (Å²) in [5.74, 6) is -0.363. The number of amides is 2. The highest BCUT2D eigenvalue weighted by Gasteiger charge is 2.47. The molecule has 1 aliphatic heterocycles. The van der Waals surface area contributed by atoms with Gasteiger partial charge in [0.1, 0.15) is 6.61 Å². The number of carbonyl (C=O) groups is 2. The minimum absolute atomic E-state index is 0.0190. The average Bonchev–Trinajstić information content (AvgIpc) is 3.28. The van der Waals surface area contributed by atoms with Crippen molar-refractivity contribution in [2.45, 2.75) is 69.8 Å². The molecule has 1 saturated carbocycles. The van der Waals surface area contributed by atoms with E-state index in [-0.39, 0.29) is 42.5 Å². The third kappa shape index (κ3) is 6.23. The van der Waals surface area contributed by atoms with Crippen molar-refractivity contribution < 1.29 is 23.8 Å². The minimum atomic E-state index is -0.932. The molecule has 1 aliphatic carbocycles. The summed E-state index contributed by atoms with van der Waals surface area (Å²) in [7, 11) is 3.43. The van der Waals surface area contributed by atoms with E-state index in [2.05, 4.69) is 10.3 Å². The highest BCUT2D eigenvalue weighted by Crippen LogP contribution is 2.51. The molecule has 2 aliphatic rings. The lowest BCUT2D eigenvalue weighted by Gasteiger charge is -2.37. The standard InChI is InChI=1S/C28H36ClN3O6S/c1-15-11-22(39-6)20(27(35)31-15)13-30-26(34)19-12-21(29)25-24(16(19)2)37-28(3,38-25)17-7-9-18(10-8-17)36-14-23(33)32(4)5/h11-12,17-18H,7-10,13-14H2,1-6H3,(H,30,34)(H,31,35). The zero-order chi connectivity index (χ0) is 28.5. The molecule has 1 aromatic carbocycles. The van der Waals surface area contributed by atoms with E-state index in [1.807, 2.05) is 26.2 Å². The summed E-state index contributed by atoms with van der Waals surface area (Å²) in [5, 5.41) is 3.15. The number of fused-ring (bicyclic) bond motifs is 1. The molecule has 4 rings (SSSR count). The van der Waals surface area contributed by atoms with Gasteiger partial charge in [-0.25, -0.2) is 0 Å². The quantitative estimate of drug-likeness (QED) is 0.446. The monoisotopic (exact) mass is 577 g/mol. The number of rotatable bonds is 8. The highest BCUT2D eigenvalue weighted by atomic mass is 35.5. The lowest BCUT2D eigenvalue weighted by atomic mass is 9.82. The normalized spacial score (nSPS) is 22.0. The van der Waals surface area contributed by atoms with Gasteiger partial charge in [0.15, 0.2) is 11.5 Å². The Kier molecular flexibility index (Phi) is 8.88. The van der Waals surface area contributed by atoms with Gasteiger partial charge in [-0.05, 0) is 57.9 Å². The van der Waals surface area contributed by atoms with Gasteiger partial charge in [0, 0.05) is 60.8 Å². The van der Waals surface area contributed by atoms with Gasteiger partial charge in [-0.3, -0.25) is 14.4 Å². The molecular weight excluding hydrogens is 542 g/mol. The molecule has 2 N–H and O–H groups in total. The van der Waals surface area contributed by atoms with Crippen LogP contribution in [-0.2, 0) is 16.1 Å². The van der Waals surface area contributed by atoms with Crippen LogP contribution in [0.25, 0.3) is 0 Å². The summed E-state index contributed by atoms with van der Waals surface area (Å²) in [6, 6.07) is 3.47. The second-order valence-corrected chi connectivity index (χ2v) is 11.7. The van der Waals surface area contributed by atoms with Crippen molar-refractivity contribution in [3.63, 3.8) is 0 Å². The van der Waals surface area contributed by atoms with Crippen molar-refractivity contribution in [2.24, 2.45) is 5.92 Å². The first-order chi connectivity index (χ1) is 18.4. The van der Waals surface area contributed by atoms with Crippen molar-refractivity contribution in [1.82, 2.24) is 15.2 Å². The number of nitrogens with zero attached hydrogens (tertiary/aromatic N) is 1. The molecular formula is C28H36ClN3O6S. The van der Waals surface area contributed by atoms with Crippen LogP contribution in [0.3, 0.4) is 0 Å². The summed E-state index contributed by atoms with van der Waals surface area (Å²) in [5.41, 5.74) is 2.03. The van der Waals surface area contributed by atoms with Crippen LogP contribution in [0, 0.1) is 19.8 Å². The lowest BCUT2D eigenvalue weighted by Crippen LogP contribution is -2.45. The third-order valence-electron chi connectivity index (χ3n) is 7.53. The largest absolute Gasteiger partial charge is 0.448 e. The first kappa shape index (κ1) is 29.3. The van der Waals surface area contributed by atoms with E-state index in [0.29, 0.717) is 33.2 Å². The molecule has 1 fully saturated rings. The summed E-state index contributed by atoms with van der Waals surface area (Å²) in [4.78, 5) is 42.6. The van der Waals surface area contributed by atoms with Gasteiger partial charge in [-0.15, -0.1) is 11.8 Å². The van der Waals surface area contributed by atoms with Crippen molar-refractivity contribution in [3.8, 4) is 11.5 Å². The Morgan fingerprint density at radius 3 is 2.49 bits per heavy atom. The number of ether oxygens (including phenoxy) is 3. The number of likely N-dealkylation sites (N-methyl/N-ethyl adjacent to an activating group) is 1. The van der Waals surface area contributed by atoms with E-state index in [1.54, 1.807) is 27.1 Å². The fraction of sp³-hybridized carbons (Fsp3) is 0.536. The molecule has 39 heavy (non-hydrogen) atoms. The maximum atomic E-state index is 13.2. The Labute approximate surface area is 237 Å². The fourth-order valence-corrected chi connectivity index (χ4v) is 6.06. The second kappa shape index (κ2) is 11.8. The molecule has 0 spiro atoms. The molecule has 2 heterocycles. The first-order valence-corrected chi connectivity index (χ1v) is 14.6. The number of H-pyrrole nitrogens is 1. The van der Waals surface area contributed by atoms with Gasteiger partial charge in [0.25, 0.3) is 17.3 Å². The van der Waals surface area contributed by atoms with Crippen LogP contribution >= 0.6 is 23.4 Å². The zero-order valence-electron chi connectivity index (χ0n) is 23.2. The molecule has 9 nitrogen and oxygen atoms in total. The fourth-order valence-electron chi connectivity index (χ4n) is 5.12. The van der Waals surface area contributed by atoms with Crippen molar-refractivity contribution in [3.05, 3.63) is 49.9 Å². The molecule has 1 unspecified atom stereocenters. The topological polar surface area (TPSA) is 110 Å². The zero-order valence-corrected chi connectivity index (χ0v) is 24.8. The van der Waals surface area contributed by atoms with E-state index in [1.165, 1.54) is 16.7 Å². The van der Waals surface area contributed by atoms with E-state index in [4.69, 9.17) is 25.8 Å². The number of aryl methyl sites for hydroxylation is 1. The second-order valence-electron chi connectivity index (χ2n) is 10.5. The van der Waals surface area contributed by atoms with E-state index in [0.717, 1.165) is 36.3 Å². The van der Waals surface area contributed by atoms with Crippen LogP contribution in [0.4, 0.5) is 0 Å². The third-order valence-corrected chi connectivity index (χ3v) is 8.61. The summed E-state index contributed by atoms with van der Waals surface area (Å²) in [6.07, 6.45) is 5.10. The van der Waals surface area contributed by atoms with Gasteiger partial charge in [0.05, 0.1) is 11.1 Å². The smallest absolute Gasteiger partial charge is 0.254 e. The molecule has 11 heteroatoms. The Morgan fingerprint density at radius 1 is 1.18 bits per heavy atom. The number of hydrogen-bond acceptors (Lipinski definition) is 7. The Bertz CT molecular complexity index is 1320. The van der Waals surface area contributed by atoms with Crippen LogP contribution < -0.4 is 20.3 Å². The number of carbonyl (C=O) groups excluding carboxylic acids is 2. The van der Waals surface area contributed by atoms with Crippen LogP contribution in [0.1, 0.15) is 59.8 Å². The van der Waals surface area contributed by atoms with Gasteiger partial charge in [-0.2, -0.15) is 0 Å². The van der Waals surface area contributed by atoms with E-state index < -0.39 is 5.79 Å². The number of aromatic amines is 1. The number of benzene rings is 1. The van der Waals surface area contributed by atoms with Crippen molar-refractivity contribution in [1.29, 1.82) is 0 Å². The number of pyridine rings is 1. The molecule has 0 saturated heterocycles. The predicted octanol–water partition coefficient (Wildman–Crippen LogP) is 4.45. The van der Waals surface area contributed by atoms with Crippen LogP contribution in [0.2, 0.25) is 5.02 Å². The average molecular weight is 578 g/mol. The van der Waals surface area contributed by atoms with Crippen LogP contribution in [0.5, 0.6) is 11.5 Å². The van der Waals surface area contributed by atoms with Gasteiger partial charge in [0.2, 0.25) is 5.91 Å². The summed E-state index contributed by atoms with van der Waals surface area (Å²) < 4.78 is 18.5.